The Morgan fingerprint density at radius 2 is 1.41 bits per heavy atom. The van der Waals surface area contributed by atoms with Crippen molar-refractivity contribution in [3.63, 3.8) is 0 Å². The molecular weight excluding hydrogens is 416 g/mol. The fraction of sp³-hybridized carbons (Fsp3) is 0.417. The van der Waals surface area contributed by atoms with E-state index in [1.165, 1.54) is 0 Å². The zero-order valence-corrected chi connectivity index (χ0v) is 18.2. The average Bonchev–Trinajstić information content (AvgIpc) is 2.81. The Labute approximate surface area is 187 Å². The van der Waals surface area contributed by atoms with Gasteiger partial charge in [-0.2, -0.15) is 0 Å². The van der Waals surface area contributed by atoms with Gasteiger partial charge in [0.15, 0.2) is 0 Å². The van der Waals surface area contributed by atoms with Crippen molar-refractivity contribution in [3.8, 4) is 11.5 Å². The van der Waals surface area contributed by atoms with E-state index in [-0.39, 0.29) is 5.57 Å². The van der Waals surface area contributed by atoms with E-state index in [0.29, 0.717) is 35.8 Å². The summed E-state index contributed by atoms with van der Waals surface area (Å²) in [6, 6.07) is 14.0. The van der Waals surface area contributed by atoms with E-state index in [1.807, 2.05) is 13.8 Å². The maximum atomic E-state index is 11.0. The average molecular weight is 449 g/mol. The van der Waals surface area contributed by atoms with Crippen molar-refractivity contribution in [2.75, 3.05) is 19.8 Å². The van der Waals surface area contributed by atoms with Gasteiger partial charge in [0, 0.05) is 0 Å². The second kappa shape index (κ2) is 12.5. The van der Waals surface area contributed by atoms with Gasteiger partial charge in [-0.15, -0.1) is 0 Å². The van der Waals surface area contributed by atoms with Gasteiger partial charge in [0.05, 0.1) is 19.8 Å². The van der Waals surface area contributed by atoms with Crippen LogP contribution in [0.3, 0.4) is 0 Å². The topological polar surface area (TPSA) is 140 Å². The fourth-order valence-corrected chi connectivity index (χ4v) is 3.22. The molecule has 176 valence electrons. The predicted molar refractivity (Wildman–Crippen MR) is 120 cm³/mol. The fourth-order valence-electron chi connectivity index (χ4n) is 3.22. The first-order valence-electron chi connectivity index (χ1n) is 10.5. The Bertz CT molecular complexity index is 869. The van der Waals surface area contributed by atoms with E-state index in [4.69, 9.17) is 14.6 Å². The van der Waals surface area contributed by atoms with Crippen LogP contribution in [-0.4, -0.2) is 81.0 Å². The molecule has 0 aliphatic carbocycles. The lowest BCUT2D eigenvalue weighted by Crippen LogP contribution is -2.50. The molecule has 0 saturated heterocycles. The van der Waals surface area contributed by atoms with Crippen LogP contribution >= 0.6 is 0 Å². The first kappa shape index (κ1) is 25.8. The van der Waals surface area contributed by atoms with E-state index in [1.54, 1.807) is 54.6 Å². The number of hydrogen-bond donors (Lipinski definition) is 6. The van der Waals surface area contributed by atoms with E-state index >= 15 is 0 Å². The van der Waals surface area contributed by atoms with Crippen molar-refractivity contribution in [2.45, 2.75) is 44.4 Å². The van der Waals surface area contributed by atoms with Gasteiger partial charge in [0.1, 0.15) is 42.0 Å². The van der Waals surface area contributed by atoms with Gasteiger partial charge >= 0.3 is 0 Å². The normalized spacial score (nSPS) is 16.7. The SMILES string of the molecule is CCOc1cccc(/C=C(\c2cccc(OCC)c2)C(O)[C@@H](O)[C@@H](O)[C@H](O)[C@@H](O)CO)c1. The Morgan fingerprint density at radius 3 is 2.00 bits per heavy atom. The molecule has 0 aromatic heterocycles. The number of rotatable bonds is 12. The molecule has 0 aliphatic rings. The van der Waals surface area contributed by atoms with Crippen LogP contribution in [0.1, 0.15) is 25.0 Å². The van der Waals surface area contributed by atoms with E-state index in [9.17, 15) is 25.5 Å². The van der Waals surface area contributed by atoms with Gasteiger partial charge in [-0.1, -0.05) is 24.3 Å². The van der Waals surface area contributed by atoms with Crippen molar-refractivity contribution in [2.24, 2.45) is 0 Å². The summed E-state index contributed by atoms with van der Waals surface area (Å²) in [4.78, 5) is 0. The van der Waals surface area contributed by atoms with E-state index in [2.05, 4.69) is 0 Å². The minimum absolute atomic E-state index is 0.248. The monoisotopic (exact) mass is 448 g/mol. The molecule has 0 fully saturated rings. The van der Waals surface area contributed by atoms with Gasteiger partial charge < -0.3 is 40.1 Å². The minimum atomic E-state index is -1.92. The quantitative estimate of drug-likeness (QED) is 0.262. The van der Waals surface area contributed by atoms with E-state index < -0.39 is 37.1 Å². The molecule has 0 saturated carbocycles. The second-order valence-electron chi connectivity index (χ2n) is 7.23. The third-order valence-corrected chi connectivity index (χ3v) is 4.89. The standard InChI is InChI=1S/C24H32O8/c1-3-31-17-9-5-7-15(11-17)12-19(16-8-6-10-18(13-16)32-4-2)21(27)23(29)24(30)22(28)20(26)14-25/h5-13,20-30H,3-4,14H2,1-2H3/b19-12+/t20-,21?,22+,23+,24-/m0/s1. The molecule has 0 spiro atoms. The van der Waals surface area contributed by atoms with Crippen LogP contribution in [0.5, 0.6) is 11.5 Å². The molecule has 32 heavy (non-hydrogen) atoms. The third kappa shape index (κ3) is 6.77. The zero-order valence-electron chi connectivity index (χ0n) is 18.2. The van der Waals surface area contributed by atoms with Gasteiger partial charge in [-0.3, -0.25) is 0 Å². The van der Waals surface area contributed by atoms with Crippen molar-refractivity contribution < 1.29 is 40.1 Å². The maximum Gasteiger partial charge on any atom is 0.119 e. The molecular formula is C24H32O8. The number of hydrogen-bond acceptors (Lipinski definition) is 8. The summed E-state index contributed by atoms with van der Waals surface area (Å²) in [6.45, 7) is 3.81. The summed E-state index contributed by atoms with van der Waals surface area (Å²) in [5.41, 5.74) is 1.44. The highest BCUT2D eigenvalue weighted by atomic mass is 16.5. The highest BCUT2D eigenvalue weighted by Crippen LogP contribution is 2.29. The number of aliphatic hydroxyl groups excluding tert-OH is 6. The first-order chi connectivity index (χ1) is 15.3. The lowest BCUT2D eigenvalue weighted by molar-refractivity contribution is -0.131. The summed E-state index contributed by atoms with van der Waals surface area (Å²) in [5.74, 6) is 1.18. The Kier molecular flexibility index (Phi) is 10.1. The largest absolute Gasteiger partial charge is 0.494 e. The molecule has 8 heteroatoms. The van der Waals surface area contributed by atoms with Crippen molar-refractivity contribution in [3.05, 3.63) is 59.7 Å². The number of aliphatic hydroxyl groups is 6. The van der Waals surface area contributed by atoms with Crippen LogP contribution < -0.4 is 9.47 Å². The van der Waals surface area contributed by atoms with Gasteiger partial charge in [0.25, 0.3) is 0 Å². The van der Waals surface area contributed by atoms with Crippen LogP contribution in [0.2, 0.25) is 0 Å². The second-order valence-corrected chi connectivity index (χ2v) is 7.23. The lowest BCUT2D eigenvalue weighted by atomic mass is 9.90. The molecule has 0 heterocycles. The predicted octanol–water partition coefficient (Wildman–Crippen LogP) is 0.821. The third-order valence-electron chi connectivity index (χ3n) is 4.89. The van der Waals surface area contributed by atoms with Gasteiger partial charge in [-0.05, 0) is 60.9 Å². The molecule has 0 radical (unpaired) electrons. The van der Waals surface area contributed by atoms with Crippen LogP contribution in [0.4, 0.5) is 0 Å². The van der Waals surface area contributed by atoms with Gasteiger partial charge in [0.2, 0.25) is 0 Å². The molecule has 2 aromatic rings. The lowest BCUT2D eigenvalue weighted by Gasteiger charge is -2.30. The summed E-state index contributed by atoms with van der Waals surface area (Å²) in [6.07, 6.45) is -7.32. The first-order valence-corrected chi connectivity index (χ1v) is 10.5. The van der Waals surface area contributed by atoms with Crippen LogP contribution in [0.25, 0.3) is 11.6 Å². The maximum absolute atomic E-state index is 11.0. The number of ether oxygens (including phenoxy) is 2. The van der Waals surface area contributed by atoms with Crippen LogP contribution in [-0.2, 0) is 0 Å². The molecule has 0 amide bonds. The van der Waals surface area contributed by atoms with Crippen LogP contribution in [0.15, 0.2) is 48.5 Å². The number of benzene rings is 2. The Morgan fingerprint density at radius 1 is 0.812 bits per heavy atom. The molecule has 5 atom stereocenters. The van der Waals surface area contributed by atoms with Crippen molar-refractivity contribution in [1.82, 2.24) is 0 Å². The Hall–Kier alpha value is -2.46. The molecule has 6 N–H and O–H groups in total. The molecule has 2 aromatic carbocycles. The van der Waals surface area contributed by atoms with E-state index in [0.717, 1.165) is 0 Å². The Balaban J connectivity index is 2.48. The minimum Gasteiger partial charge on any atom is -0.494 e. The summed E-state index contributed by atoms with van der Waals surface area (Å²) in [5, 5.41) is 60.4. The molecule has 1 unspecified atom stereocenters. The highest BCUT2D eigenvalue weighted by molar-refractivity contribution is 5.84. The molecule has 0 aliphatic heterocycles. The molecule has 0 bridgehead atoms. The molecule has 8 nitrogen and oxygen atoms in total. The van der Waals surface area contributed by atoms with Crippen LogP contribution in [0, 0.1) is 0 Å². The van der Waals surface area contributed by atoms with Gasteiger partial charge in [-0.25, -0.2) is 0 Å². The highest BCUT2D eigenvalue weighted by Gasteiger charge is 2.35. The summed E-state index contributed by atoms with van der Waals surface area (Å²) < 4.78 is 11.0. The smallest absolute Gasteiger partial charge is 0.119 e. The van der Waals surface area contributed by atoms with Crippen molar-refractivity contribution in [1.29, 1.82) is 0 Å². The molecule has 2 rings (SSSR count). The summed E-state index contributed by atoms with van der Waals surface area (Å²) in [7, 11) is 0. The van der Waals surface area contributed by atoms with Crippen molar-refractivity contribution >= 4 is 11.6 Å². The summed E-state index contributed by atoms with van der Waals surface area (Å²) >= 11 is 0. The zero-order chi connectivity index (χ0) is 23.7.